The van der Waals surface area contributed by atoms with Crippen LogP contribution in [-0.4, -0.2) is 22.0 Å². The standard InChI is InChI=1S/C21H24ClN3O2S/c1-14(20(26)25-19-12-7-16(22)13-23-19)28-18-10-8-17(9-11-18)24-21(27)15-5-3-2-4-6-15/h7-15H,2-6H2,1H3,(H,24,27)(H,23,25,26). The van der Waals surface area contributed by atoms with Gasteiger partial charge in [0, 0.05) is 22.7 Å². The summed E-state index contributed by atoms with van der Waals surface area (Å²) in [5.74, 6) is 0.591. The first-order valence-electron chi connectivity index (χ1n) is 9.51. The molecule has 1 atom stereocenters. The Labute approximate surface area is 174 Å². The predicted molar refractivity (Wildman–Crippen MR) is 115 cm³/mol. The molecule has 1 fully saturated rings. The minimum absolute atomic E-state index is 0.114. The van der Waals surface area contributed by atoms with Crippen LogP contribution in [0.1, 0.15) is 39.0 Å². The van der Waals surface area contributed by atoms with Gasteiger partial charge in [-0.3, -0.25) is 9.59 Å². The monoisotopic (exact) mass is 417 g/mol. The number of thioether (sulfide) groups is 1. The molecule has 1 saturated carbocycles. The smallest absolute Gasteiger partial charge is 0.238 e. The van der Waals surface area contributed by atoms with Crippen LogP contribution in [0, 0.1) is 5.92 Å². The van der Waals surface area contributed by atoms with Gasteiger partial charge in [0.2, 0.25) is 11.8 Å². The lowest BCUT2D eigenvalue weighted by Gasteiger charge is -2.20. The number of rotatable bonds is 6. The van der Waals surface area contributed by atoms with E-state index >= 15 is 0 Å². The maximum absolute atomic E-state index is 12.3. The van der Waals surface area contributed by atoms with E-state index in [0.717, 1.165) is 36.3 Å². The van der Waals surface area contributed by atoms with Crippen LogP contribution in [0.15, 0.2) is 47.5 Å². The van der Waals surface area contributed by atoms with Crippen molar-refractivity contribution in [3.05, 3.63) is 47.6 Å². The molecule has 1 aliphatic carbocycles. The Kier molecular flexibility index (Phi) is 7.34. The number of anilines is 2. The van der Waals surface area contributed by atoms with Crippen LogP contribution in [0.5, 0.6) is 0 Å². The number of carbonyl (C=O) groups is 2. The molecule has 5 nitrogen and oxygen atoms in total. The van der Waals surface area contributed by atoms with Gasteiger partial charge in [-0.2, -0.15) is 0 Å². The van der Waals surface area contributed by atoms with Gasteiger partial charge in [0.25, 0.3) is 0 Å². The summed E-state index contributed by atoms with van der Waals surface area (Å²) in [5.41, 5.74) is 0.794. The average Bonchev–Trinajstić information content (AvgIpc) is 2.71. The summed E-state index contributed by atoms with van der Waals surface area (Å²) in [4.78, 5) is 29.7. The Balaban J connectivity index is 1.50. The molecule has 28 heavy (non-hydrogen) atoms. The first-order chi connectivity index (χ1) is 13.5. The van der Waals surface area contributed by atoms with Crippen molar-refractivity contribution in [1.29, 1.82) is 0 Å². The molecule has 0 aliphatic heterocycles. The Morgan fingerprint density at radius 3 is 2.43 bits per heavy atom. The van der Waals surface area contributed by atoms with Gasteiger partial charge >= 0.3 is 0 Å². The Morgan fingerprint density at radius 2 is 1.79 bits per heavy atom. The second-order valence-electron chi connectivity index (χ2n) is 6.96. The van der Waals surface area contributed by atoms with E-state index in [4.69, 9.17) is 11.6 Å². The van der Waals surface area contributed by atoms with E-state index in [1.165, 1.54) is 24.4 Å². The molecule has 148 valence electrons. The molecule has 7 heteroatoms. The topological polar surface area (TPSA) is 71.1 Å². The normalized spacial score (nSPS) is 15.6. The summed E-state index contributed by atoms with van der Waals surface area (Å²) in [6.45, 7) is 1.84. The number of carbonyl (C=O) groups excluding carboxylic acids is 2. The van der Waals surface area contributed by atoms with E-state index in [-0.39, 0.29) is 23.0 Å². The first-order valence-corrected chi connectivity index (χ1v) is 10.8. The van der Waals surface area contributed by atoms with E-state index < -0.39 is 0 Å². The second-order valence-corrected chi connectivity index (χ2v) is 8.81. The van der Waals surface area contributed by atoms with E-state index in [1.807, 2.05) is 31.2 Å². The van der Waals surface area contributed by atoms with Gasteiger partial charge in [0.15, 0.2) is 0 Å². The van der Waals surface area contributed by atoms with E-state index in [9.17, 15) is 9.59 Å². The van der Waals surface area contributed by atoms with E-state index in [0.29, 0.717) is 10.8 Å². The summed E-state index contributed by atoms with van der Waals surface area (Å²) in [5, 5.41) is 6.01. The fraction of sp³-hybridized carbons (Fsp3) is 0.381. The lowest BCUT2D eigenvalue weighted by molar-refractivity contribution is -0.120. The average molecular weight is 418 g/mol. The molecule has 0 bridgehead atoms. The van der Waals surface area contributed by atoms with Crippen molar-refractivity contribution in [3.63, 3.8) is 0 Å². The van der Waals surface area contributed by atoms with E-state index in [1.54, 1.807) is 12.1 Å². The quantitative estimate of drug-likeness (QED) is 0.619. The number of pyridine rings is 1. The van der Waals surface area contributed by atoms with Gasteiger partial charge in [0.05, 0.1) is 10.3 Å². The molecule has 0 saturated heterocycles. The molecule has 1 heterocycles. The molecule has 1 aromatic carbocycles. The zero-order valence-corrected chi connectivity index (χ0v) is 17.4. The van der Waals surface area contributed by atoms with Crippen molar-refractivity contribution >= 4 is 46.7 Å². The molecule has 2 amide bonds. The minimum atomic E-state index is -0.292. The highest BCUT2D eigenvalue weighted by molar-refractivity contribution is 8.00. The van der Waals surface area contributed by atoms with E-state index in [2.05, 4.69) is 15.6 Å². The molecule has 3 rings (SSSR count). The number of hydrogen-bond donors (Lipinski definition) is 2. The molecule has 2 N–H and O–H groups in total. The highest BCUT2D eigenvalue weighted by atomic mass is 35.5. The lowest BCUT2D eigenvalue weighted by Crippen LogP contribution is -2.24. The number of aromatic nitrogens is 1. The van der Waals surface area contributed by atoms with Crippen LogP contribution in [0.3, 0.4) is 0 Å². The molecule has 1 aromatic heterocycles. The number of hydrogen-bond acceptors (Lipinski definition) is 4. The third kappa shape index (κ3) is 5.97. The molecule has 1 unspecified atom stereocenters. The van der Waals surface area contributed by atoms with Crippen LogP contribution >= 0.6 is 23.4 Å². The highest BCUT2D eigenvalue weighted by Crippen LogP contribution is 2.27. The number of amides is 2. The zero-order chi connectivity index (χ0) is 19.9. The SMILES string of the molecule is CC(Sc1ccc(NC(=O)C2CCCCC2)cc1)C(=O)Nc1ccc(Cl)cn1. The number of nitrogens with zero attached hydrogens (tertiary/aromatic N) is 1. The highest BCUT2D eigenvalue weighted by Gasteiger charge is 2.21. The summed E-state index contributed by atoms with van der Waals surface area (Å²) >= 11 is 7.25. The van der Waals surface area contributed by atoms with Crippen molar-refractivity contribution in [1.82, 2.24) is 4.98 Å². The fourth-order valence-corrected chi connectivity index (χ4v) is 4.14. The fourth-order valence-electron chi connectivity index (χ4n) is 3.16. The van der Waals surface area contributed by atoms with Crippen LogP contribution in [0.4, 0.5) is 11.5 Å². The lowest BCUT2D eigenvalue weighted by atomic mass is 9.88. The van der Waals surface area contributed by atoms with Gasteiger partial charge in [-0.25, -0.2) is 4.98 Å². The maximum Gasteiger partial charge on any atom is 0.238 e. The summed E-state index contributed by atoms with van der Waals surface area (Å²) in [6.07, 6.45) is 6.97. The molecule has 0 radical (unpaired) electrons. The molecular formula is C21H24ClN3O2S. The third-order valence-corrected chi connectivity index (χ3v) is 6.09. The molecule has 1 aliphatic rings. The molecule has 2 aromatic rings. The summed E-state index contributed by atoms with van der Waals surface area (Å²) in [7, 11) is 0. The van der Waals surface area contributed by atoms with Gasteiger partial charge in [-0.15, -0.1) is 11.8 Å². The van der Waals surface area contributed by atoms with Crippen molar-refractivity contribution < 1.29 is 9.59 Å². The van der Waals surface area contributed by atoms with Gasteiger partial charge < -0.3 is 10.6 Å². The second kappa shape index (κ2) is 9.94. The van der Waals surface area contributed by atoms with Crippen LogP contribution in [0.2, 0.25) is 5.02 Å². The Bertz CT molecular complexity index is 805. The zero-order valence-electron chi connectivity index (χ0n) is 15.8. The maximum atomic E-state index is 12.3. The van der Waals surface area contributed by atoms with Crippen molar-refractivity contribution in [2.24, 2.45) is 5.92 Å². The van der Waals surface area contributed by atoms with Crippen molar-refractivity contribution in [2.45, 2.75) is 49.2 Å². The Hall–Kier alpha value is -2.05. The number of halogens is 1. The number of benzene rings is 1. The molecule has 0 spiro atoms. The third-order valence-electron chi connectivity index (χ3n) is 4.76. The summed E-state index contributed by atoms with van der Waals surface area (Å²) in [6, 6.07) is 11.0. The molecular weight excluding hydrogens is 394 g/mol. The first kappa shape index (κ1) is 20.7. The van der Waals surface area contributed by atoms with Crippen molar-refractivity contribution in [2.75, 3.05) is 10.6 Å². The van der Waals surface area contributed by atoms with Crippen LogP contribution in [0.25, 0.3) is 0 Å². The Morgan fingerprint density at radius 1 is 1.07 bits per heavy atom. The van der Waals surface area contributed by atoms with Gasteiger partial charge in [-0.05, 0) is 56.2 Å². The van der Waals surface area contributed by atoms with Gasteiger partial charge in [0.1, 0.15) is 5.82 Å². The predicted octanol–water partition coefficient (Wildman–Crippen LogP) is 5.37. The van der Waals surface area contributed by atoms with Gasteiger partial charge in [-0.1, -0.05) is 30.9 Å². The van der Waals surface area contributed by atoms with Crippen LogP contribution < -0.4 is 10.6 Å². The number of nitrogens with one attached hydrogen (secondary N) is 2. The minimum Gasteiger partial charge on any atom is -0.326 e. The van der Waals surface area contributed by atoms with Crippen LogP contribution in [-0.2, 0) is 9.59 Å². The van der Waals surface area contributed by atoms with Crippen molar-refractivity contribution in [3.8, 4) is 0 Å². The largest absolute Gasteiger partial charge is 0.326 e. The summed E-state index contributed by atoms with van der Waals surface area (Å²) < 4.78 is 0.